The Balaban J connectivity index is 1.50. The number of fused-ring (bicyclic) bond motifs is 13. The monoisotopic (exact) mass is 1170 g/mol. The average Bonchev–Trinajstić information content (AvgIpc) is 3.99. The normalized spacial score (nSPS) is 28.3. The Bertz CT molecular complexity index is 2950. The first-order valence-electron chi connectivity index (χ1n) is 27.8. The first-order valence-corrected chi connectivity index (χ1v) is 29.6. The number of amides is 1. The Morgan fingerprint density at radius 1 is 0.963 bits per heavy atom. The number of aromatic hydroxyl groups is 2. The van der Waals surface area contributed by atoms with Gasteiger partial charge >= 0.3 is 17.7 Å². The number of anilines is 1. The van der Waals surface area contributed by atoms with Gasteiger partial charge in [-0.1, -0.05) is 66.7 Å². The summed E-state index contributed by atoms with van der Waals surface area (Å²) in [6.07, 6.45) is 3.88. The summed E-state index contributed by atoms with van der Waals surface area (Å²) in [4.78, 5) is 82.3. The molecule has 5 heterocycles. The largest absolute Gasteiger partial charge is 0.507 e. The number of carbonyl (C=O) groups excluding carboxylic acids is 5. The molecule has 5 aliphatic rings. The molecule has 5 aliphatic heterocycles. The molecule has 4 N–H and O–H groups in total. The second-order valence-electron chi connectivity index (χ2n) is 22.7. The first kappa shape index (κ1) is 64.6. The van der Waals surface area contributed by atoms with E-state index in [9.17, 15) is 43.6 Å². The van der Waals surface area contributed by atoms with Crippen LogP contribution >= 0.6 is 16.9 Å². The number of piperidine rings is 1. The number of phenols is 2. The predicted molar refractivity (Wildman–Crippen MR) is 302 cm³/mol. The maximum absolute atomic E-state index is 15.1. The van der Waals surface area contributed by atoms with Crippen LogP contribution in [0.25, 0.3) is 10.8 Å². The highest BCUT2D eigenvalue weighted by Crippen LogP contribution is 2.51. The standard InChI is InChI=1S/C58H81N5O16P2/c1-14-16-39(65)28-75-29-63(22-19-41(80-72)81-73)26-40(66)78-52-31(4)17-15-18-32(5)56(71)59-47-46-45(60-58(61-46)20-23-62(24-21-58)25-30(2)3)42-43(50(47)69)49(68)36(9)54-44(42)55(70)57(12,79-54)76-27-33(6)51(74-13)37(10)53(77-38(11)64)35(8)48(67)34(52)7/h15,17-18,27,30-31,34-35,37,41,48,51-53,60,67-69H,14,16,19-26,28-29H2,1-13H3/b17-15+,32-18-,33-27+,59-47?/t31-,34-,35+,37+,48+,51-,52-,53-,57-/m0/s1. The molecule has 21 nitrogen and oxygen atoms in total. The molecule has 1 fully saturated rings. The zero-order valence-electron chi connectivity index (χ0n) is 48.9. The molecule has 2 aromatic carbocycles. The predicted octanol–water partition coefficient (Wildman–Crippen LogP) is 7.64. The Kier molecular flexibility index (Phi) is 22.1. The number of Topliss-reactive ketones (excluding diaryl/α,β-unsaturated/α-hetero) is 2. The molecule has 0 saturated carbocycles. The van der Waals surface area contributed by atoms with E-state index in [1.54, 1.807) is 46.8 Å². The van der Waals surface area contributed by atoms with Crippen molar-refractivity contribution in [2.45, 2.75) is 156 Å². The molecule has 0 radical (unpaired) electrons. The average molecular weight is 1170 g/mol. The Morgan fingerprint density at radius 2 is 1.63 bits per heavy atom. The minimum absolute atomic E-state index is 0.0126. The number of esters is 2. The van der Waals surface area contributed by atoms with Crippen molar-refractivity contribution in [1.29, 1.82) is 0 Å². The Morgan fingerprint density at radius 3 is 2.25 bits per heavy atom. The zero-order chi connectivity index (χ0) is 59.8. The maximum atomic E-state index is 15.1. The number of allylic oxidation sites excluding steroid dienone is 2. The second-order valence-corrected chi connectivity index (χ2v) is 24.8. The van der Waals surface area contributed by atoms with Crippen molar-refractivity contribution in [3.63, 3.8) is 0 Å². The van der Waals surface area contributed by atoms with E-state index in [0.29, 0.717) is 50.3 Å². The molecule has 0 aliphatic carbocycles. The first-order chi connectivity index (χ1) is 38.2. The Labute approximate surface area is 477 Å². The van der Waals surface area contributed by atoms with Crippen LogP contribution in [-0.4, -0.2) is 149 Å². The van der Waals surface area contributed by atoms with Crippen LogP contribution in [0.15, 0.2) is 45.6 Å². The van der Waals surface area contributed by atoms with Crippen molar-refractivity contribution in [1.82, 2.24) is 9.80 Å². The number of nitrogens with zero attached hydrogens (tertiary/aromatic N) is 4. The van der Waals surface area contributed by atoms with E-state index >= 15 is 4.79 Å². The van der Waals surface area contributed by atoms with E-state index < -0.39 is 100 Å². The molecule has 5 bridgehead atoms. The molecule has 7 rings (SSSR count). The van der Waals surface area contributed by atoms with E-state index in [1.807, 2.05) is 6.92 Å². The van der Waals surface area contributed by atoms with Crippen LogP contribution in [0.4, 0.5) is 5.69 Å². The number of ether oxygens (including phenoxy) is 6. The van der Waals surface area contributed by atoms with Crippen LogP contribution in [0.2, 0.25) is 0 Å². The lowest BCUT2D eigenvalue weighted by atomic mass is 9.77. The number of ketones is 2. The number of nitrogens with one attached hydrogen (secondary N) is 1. The molecule has 23 heteroatoms. The molecule has 1 spiro atoms. The van der Waals surface area contributed by atoms with Crippen molar-refractivity contribution in [3.8, 4) is 17.2 Å². The van der Waals surface area contributed by atoms with E-state index in [0.717, 1.165) is 6.54 Å². The van der Waals surface area contributed by atoms with E-state index in [4.69, 9.17) is 33.4 Å². The molecule has 0 unspecified atom stereocenters. The molecule has 0 aromatic heterocycles. The number of aliphatic hydroxyl groups is 1. The number of phenolic OH excluding ortho intramolecular Hbond substituents is 2. The van der Waals surface area contributed by atoms with Gasteiger partial charge in [0.05, 0.1) is 41.7 Å². The van der Waals surface area contributed by atoms with Crippen LogP contribution in [0.5, 0.6) is 17.2 Å². The summed E-state index contributed by atoms with van der Waals surface area (Å²) in [7, 11) is 0.736. The van der Waals surface area contributed by atoms with Crippen molar-refractivity contribution in [2.75, 3.05) is 58.5 Å². The van der Waals surface area contributed by atoms with Crippen LogP contribution in [0.1, 0.15) is 124 Å². The molecule has 2 aromatic rings. The van der Waals surface area contributed by atoms with Gasteiger partial charge in [-0.15, -0.1) is 0 Å². The molecular formula is C58H81N5O16P2. The minimum Gasteiger partial charge on any atom is -0.507 e. The van der Waals surface area contributed by atoms with Gasteiger partial charge in [0.1, 0.15) is 58.8 Å². The number of hydrogen-bond acceptors (Lipinski definition) is 20. The van der Waals surface area contributed by atoms with Gasteiger partial charge < -0.3 is 54.0 Å². The fraction of sp³-hybridized carbons (Fsp3) is 0.638. The lowest BCUT2D eigenvalue weighted by Crippen LogP contribution is -2.48. The quantitative estimate of drug-likeness (QED) is 0.0483. The fourth-order valence-corrected chi connectivity index (χ4v) is 12.0. The summed E-state index contributed by atoms with van der Waals surface area (Å²) < 4.78 is 60.1. The summed E-state index contributed by atoms with van der Waals surface area (Å²) >= 11 is 0. The van der Waals surface area contributed by atoms with Gasteiger partial charge in [0, 0.05) is 107 Å². The molecular weight excluding hydrogens is 1080 g/mol. The summed E-state index contributed by atoms with van der Waals surface area (Å²) in [5.41, 5.74) is 0.0158. The summed E-state index contributed by atoms with van der Waals surface area (Å²) in [6, 6.07) is 0. The third kappa shape index (κ3) is 14.6. The van der Waals surface area contributed by atoms with E-state index in [-0.39, 0.29) is 105 Å². The van der Waals surface area contributed by atoms with E-state index in [1.165, 1.54) is 52.0 Å². The van der Waals surface area contributed by atoms with Gasteiger partial charge in [0.15, 0.2) is 28.5 Å². The smallest absolute Gasteiger partial charge is 0.320 e. The third-order valence-electron chi connectivity index (χ3n) is 15.8. The lowest BCUT2D eigenvalue weighted by Gasteiger charge is -2.39. The SMILES string of the molecule is CCCC(=O)COCN(CCC(P=O)P=O)CC(=O)O[C@@H]1[C@@H](C)[C@@H](O)[C@@H](C)[C@H](OC(C)=O)[C@H](C)[C@@H](OC)/C(C)=C/O[C@@]2(C)Oc3c(C)c(O)c4c(O)c(c5c(c4c3C2=O)NC2(CCN(CC(C)C)CC2)N=5)=NC(=O)/C(C)=C\C=C\[C@@H]1C. The van der Waals surface area contributed by atoms with Gasteiger partial charge in [-0.3, -0.25) is 43.0 Å². The highest BCUT2D eigenvalue weighted by molar-refractivity contribution is 7.44. The fourth-order valence-electron chi connectivity index (χ4n) is 11.4. The third-order valence-corrected chi connectivity index (χ3v) is 17.4. The van der Waals surface area contributed by atoms with E-state index in [2.05, 4.69) is 29.1 Å². The number of methoxy groups -OCH3 is 1. The molecule has 444 valence electrons. The van der Waals surface area contributed by atoms with Crippen LogP contribution < -0.4 is 20.8 Å². The highest BCUT2D eigenvalue weighted by atomic mass is 31.1. The van der Waals surface area contributed by atoms with Crippen LogP contribution in [0.3, 0.4) is 0 Å². The lowest BCUT2D eigenvalue weighted by molar-refractivity contribution is -0.166. The zero-order valence-corrected chi connectivity index (χ0v) is 50.7. The Hall–Kier alpha value is -5.53. The maximum Gasteiger partial charge on any atom is 0.320 e. The van der Waals surface area contributed by atoms with Crippen molar-refractivity contribution >= 4 is 62.8 Å². The topological polar surface area (TPSA) is 279 Å². The molecule has 1 saturated heterocycles. The van der Waals surface area contributed by atoms with Gasteiger partial charge in [-0.2, -0.15) is 0 Å². The summed E-state index contributed by atoms with van der Waals surface area (Å²) in [5, 5.41) is 39.5. The highest BCUT2D eigenvalue weighted by Gasteiger charge is 2.51. The number of carbonyl (C=O) groups is 5. The van der Waals surface area contributed by atoms with Crippen LogP contribution in [0, 0.1) is 36.5 Å². The van der Waals surface area contributed by atoms with Gasteiger partial charge in [-0.25, -0.2) is 4.99 Å². The van der Waals surface area contributed by atoms with Gasteiger partial charge in [0.2, 0.25) is 0 Å². The number of hydrogen-bond donors (Lipinski definition) is 4. The summed E-state index contributed by atoms with van der Waals surface area (Å²) in [6.45, 7) is 22.0. The number of aliphatic hydroxyl groups excluding tert-OH is 1. The minimum atomic E-state index is -2.04. The number of benzene rings is 2. The number of likely N-dealkylation sites (tertiary alicyclic amines) is 1. The van der Waals surface area contributed by atoms with Crippen molar-refractivity contribution in [2.24, 2.45) is 39.6 Å². The van der Waals surface area contributed by atoms with Crippen LogP contribution in [-0.2, 0) is 52.0 Å². The molecule has 81 heavy (non-hydrogen) atoms. The summed E-state index contributed by atoms with van der Waals surface area (Å²) in [5.74, 6) is -8.66. The second kappa shape index (κ2) is 27.7. The van der Waals surface area contributed by atoms with Crippen molar-refractivity contribution < 1.29 is 76.8 Å². The van der Waals surface area contributed by atoms with Gasteiger partial charge in [-0.05, 0) is 45.1 Å². The molecule has 9 atom stereocenters. The number of rotatable bonds is 18. The molecule has 1 amide bonds. The van der Waals surface area contributed by atoms with Gasteiger partial charge in [0.25, 0.3) is 11.7 Å². The van der Waals surface area contributed by atoms with Crippen molar-refractivity contribution in [3.05, 3.63) is 57.5 Å².